The van der Waals surface area contributed by atoms with E-state index in [-0.39, 0.29) is 5.69 Å². The molecule has 6 nitrogen and oxygen atoms in total. The molecule has 1 aromatic heterocycles. The Bertz CT molecular complexity index is 991. The van der Waals surface area contributed by atoms with E-state index in [1.165, 1.54) is 16.8 Å². The Hall–Kier alpha value is -2.98. The highest BCUT2D eigenvalue weighted by Gasteiger charge is 2.26. The second-order valence-corrected chi connectivity index (χ2v) is 7.44. The lowest BCUT2D eigenvalue weighted by Crippen LogP contribution is -2.34. The maximum Gasteiger partial charge on any atom is 0.270 e. The zero-order valence-corrected chi connectivity index (χ0v) is 14.8. The minimum Gasteiger partial charge on any atom is -0.370 e. The van der Waals surface area contributed by atoms with Gasteiger partial charge in [-0.1, -0.05) is 12.1 Å². The van der Waals surface area contributed by atoms with Gasteiger partial charge in [0.2, 0.25) is 0 Å². The molecule has 1 fully saturated rings. The number of piperidine rings is 1. The van der Waals surface area contributed by atoms with Crippen LogP contribution in [0.1, 0.15) is 29.3 Å². The predicted octanol–water partition coefficient (Wildman–Crippen LogP) is 4.46. The molecule has 0 spiro atoms. The Morgan fingerprint density at radius 2 is 2.15 bits per heavy atom. The number of nitrogens with zero attached hydrogens (tertiary/aromatic N) is 4. The lowest BCUT2D eigenvalue weighted by atomic mass is 9.97. The summed E-state index contributed by atoms with van der Waals surface area (Å²) in [6.45, 7) is 1.61. The maximum absolute atomic E-state index is 11.0. The van der Waals surface area contributed by atoms with E-state index in [2.05, 4.69) is 17.0 Å². The molecular weight excluding hydrogens is 348 g/mol. The molecule has 0 bridgehead atoms. The Balaban J connectivity index is 1.62. The summed E-state index contributed by atoms with van der Waals surface area (Å²) in [7, 11) is 0. The molecular formula is C19H16N4O2S. The Morgan fingerprint density at radius 3 is 2.92 bits per heavy atom. The fourth-order valence-corrected chi connectivity index (χ4v) is 4.56. The van der Waals surface area contributed by atoms with Crippen LogP contribution in [0.15, 0.2) is 42.5 Å². The topological polar surface area (TPSA) is 83.1 Å². The Labute approximate surface area is 154 Å². The molecule has 2 aromatic carbocycles. The number of rotatable bonds is 3. The average molecular weight is 364 g/mol. The zero-order chi connectivity index (χ0) is 18.1. The lowest BCUT2D eigenvalue weighted by molar-refractivity contribution is -0.384. The van der Waals surface area contributed by atoms with Gasteiger partial charge in [-0.2, -0.15) is 5.26 Å². The van der Waals surface area contributed by atoms with Crippen molar-refractivity contribution in [3.8, 4) is 6.07 Å². The minimum absolute atomic E-state index is 0.0509. The van der Waals surface area contributed by atoms with Crippen LogP contribution in [0.2, 0.25) is 0 Å². The maximum atomic E-state index is 11.0. The van der Waals surface area contributed by atoms with Crippen molar-refractivity contribution in [1.29, 1.82) is 5.26 Å². The van der Waals surface area contributed by atoms with E-state index in [4.69, 9.17) is 4.98 Å². The van der Waals surface area contributed by atoms with Crippen molar-refractivity contribution in [2.45, 2.75) is 18.8 Å². The molecule has 130 valence electrons. The first-order chi connectivity index (χ1) is 12.7. The van der Waals surface area contributed by atoms with Crippen LogP contribution in [-0.2, 0) is 0 Å². The van der Waals surface area contributed by atoms with Gasteiger partial charge in [0.15, 0.2) is 0 Å². The third-order valence-corrected chi connectivity index (χ3v) is 5.93. The molecule has 7 heteroatoms. The van der Waals surface area contributed by atoms with Crippen molar-refractivity contribution in [3.63, 3.8) is 0 Å². The summed E-state index contributed by atoms with van der Waals surface area (Å²) in [5, 5.41) is 21.5. The van der Waals surface area contributed by atoms with Gasteiger partial charge in [0.1, 0.15) is 6.07 Å². The normalized spacial score (nSPS) is 17.2. The third-order valence-electron chi connectivity index (χ3n) is 4.73. The molecule has 0 unspecified atom stereocenters. The van der Waals surface area contributed by atoms with Gasteiger partial charge in [-0.15, -0.1) is 11.3 Å². The monoisotopic (exact) mass is 364 g/mol. The van der Waals surface area contributed by atoms with Crippen molar-refractivity contribution in [2.24, 2.45) is 0 Å². The van der Waals surface area contributed by atoms with Crippen LogP contribution in [0.5, 0.6) is 0 Å². The summed E-state index contributed by atoms with van der Waals surface area (Å²) in [5.41, 5.74) is 2.09. The number of nitro benzene ring substituents is 1. The molecule has 1 aliphatic heterocycles. The number of aromatic nitrogens is 1. The Morgan fingerprint density at radius 1 is 1.31 bits per heavy atom. The molecule has 0 aliphatic carbocycles. The highest BCUT2D eigenvalue weighted by atomic mass is 32.1. The van der Waals surface area contributed by atoms with Crippen LogP contribution in [0, 0.1) is 21.4 Å². The first-order valence-electron chi connectivity index (χ1n) is 8.44. The first-order valence-corrected chi connectivity index (χ1v) is 9.26. The SMILES string of the molecule is N#Cc1cc([N+](=O)[O-])ccc1N1CCC[C@@H](c2nc3ccccc3s2)C1. The summed E-state index contributed by atoms with van der Waals surface area (Å²) in [4.78, 5) is 17.4. The van der Waals surface area contributed by atoms with Crippen LogP contribution in [0.4, 0.5) is 11.4 Å². The zero-order valence-electron chi connectivity index (χ0n) is 14.0. The molecule has 3 aromatic rings. The number of fused-ring (bicyclic) bond motifs is 1. The van der Waals surface area contributed by atoms with Gasteiger partial charge in [-0.3, -0.25) is 10.1 Å². The summed E-state index contributed by atoms with van der Waals surface area (Å²) in [6.07, 6.45) is 2.06. The number of nitro groups is 1. The van der Waals surface area contributed by atoms with E-state index in [0.717, 1.165) is 42.1 Å². The van der Waals surface area contributed by atoms with Crippen molar-refractivity contribution in [2.75, 3.05) is 18.0 Å². The quantitative estimate of drug-likeness (QED) is 0.506. The van der Waals surface area contributed by atoms with Crippen LogP contribution in [0.3, 0.4) is 0 Å². The number of hydrogen-bond acceptors (Lipinski definition) is 6. The second-order valence-electron chi connectivity index (χ2n) is 6.38. The number of para-hydroxylation sites is 1. The molecule has 0 amide bonds. The van der Waals surface area contributed by atoms with Gasteiger partial charge in [-0.05, 0) is 31.0 Å². The number of anilines is 1. The van der Waals surface area contributed by atoms with Crippen LogP contribution >= 0.6 is 11.3 Å². The minimum atomic E-state index is -0.468. The molecule has 1 aliphatic rings. The second kappa shape index (κ2) is 6.73. The van der Waals surface area contributed by atoms with E-state index in [1.54, 1.807) is 17.4 Å². The molecule has 1 atom stereocenters. The summed E-state index contributed by atoms with van der Waals surface area (Å²) in [5.74, 6) is 0.308. The average Bonchev–Trinajstić information content (AvgIpc) is 3.12. The molecule has 1 saturated heterocycles. The van der Waals surface area contributed by atoms with Crippen LogP contribution < -0.4 is 4.90 Å². The Kier molecular flexibility index (Phi) is 4.27. The van der Waals surface area contributed by atoms with E-state index >= 15 is 0 Å². The van der Waals surface area contributed by atoms with E-state index in [1.807, 2.05) is 18.2 Å². The molecule has 2 heterocycles. The van der Waals surface area contributed by atoms with E-state index in [0.29, 0.717) is 11.5 Å². The van der Waals surface area contributed by atoms with Crippen molar-refractivity contribution < 1.29 is 4.92 Å². The largest absolute Gasteiger partial charge is 0.370 e. The van der Waals surface area contributed by atoms with Gasteiger partial charge in [0.05, 0.1) is 31.4 Å². The van der Waals surface area contributed by atoms with E-state index < -0.39 is 4.92 Å². The molecule has 4 rings (SSSR count). The highest BCUT2D eigenvalue weighted by Crippen LogP contribution is 2.35. The van der Waals surface area contributed by atoms with Gasteiger partial charge in [0.25, 0.3) is 5.69 Å². The van der Waals surface area contributed by atoms with Crippen LogP contribution in [-0.4, -0.2) is 23.0 Å². The van der Waals surface area contributed by atoms with E-state index in [9.17, 15) is 15.4 Å². The molecule has 0 radical (unpaired) electrons. The van der Waals surface area contributed by atoms with Gasteiger partial charge in [-0.25, -0.2) is 4.98 Å². The summed E-state index contributed by atoms with van der Waals surface area (Å²) in [6, 6.07) is 14.8. The molecule has 0 saturated carbocycles. The number of benzene rings is 2. The smallest absolute Gasteiger partial charge is 0.270 e. The van der Waals surface area contributed by atoms with Crippen molar-refractivity contribution in [1.82, 2.24) is 4.98 Å². The highest BCUT2D eigenvalue weighted by molar-refractivity contribution is 7.18. The number of hydrogen-bond donors (Lipinski definition) is 0. The molecule has 26 heavy (non-hydrogen) atoms. The summed E-state index contributed by atoms with van der Waals surface area (Å²) >= 11 is 1.73. The number of non-ortho nitro benzene ring substituents is 1. The van der Waals surface area contributed by atoms with Crippen molar-refractivity contribution in [3.05, 3.63) is 63.1 Å². The molecule has 0 N–H and O–H groups in total. The van der Waals surface area contributed by atoms with Gasteiger partial charge >= 0.3 is 0 Å². The first kappa shape index (κ1) is 16.5. The van der Waals surface area contributed by atoms with Crippen LogP contribution in [0.25, 0.3) is 10.2 Å². The fourth-order valence-electron chi connectivity index (χ4n) is 3.47. The summed E-state index contributed by atoms with van der Waals surface area (Å²) < 4.78 is 1.19. The number of thiazole rings is 1. The standard InChI is InChI=1S/C19H16N4O2S/c20-11-14-10-15(23(24)25)7-8-17(14)22-9-3-4-13(12-22)19-21-16-5-1-2-6-18(16)26-19/h1-2,5-8,10,13H,3-4,9,12H2/t13-/m1/s1. The van der Waals surface area contributed by atoms with Crippen molar-refractivity contribution >= 4 is 32.9 Å². The predicted molar refractivity (Wildman–Crippen MR) is 102 cm³/mol. The fraction of sp³-hybridized carbons (Fsp3) is 0.263. The lowest BCUT2D eigenvalue weighted by Gasteiger charge is -2.34. The van der Waals surface area contributed by atoms with Gasteiger partial charge < -0.3 is 4.90 Å². The number of nitriles is 1. The third kappa shape index (κ3) is 3.00. The van der Waals surface area contributed by atoms with Gasteiger partial charge in [0, 0.05) is 31.1 Å².